The summed E-state index contributed by atoms with van der Waals surface area (Å²) in [6.07, 6.45) is -2.78. The third-order valence-corrected chi connectivity index (χ3v) is 8.32. The van der Waals surface area contributed by atoms with Crippen molar-refractivity contribution < 1.29 is 28.2 Å². The summed E-state index contributed by atoms with van der Waals surface area (Å²) in [6, 6.07) is 9.39. The molecule has 2 N–H and O–H groups in total. The molecule has 0 bridgehead atoms. The number of aliphatic hydroxyl groups is 1. The number of hydrogen-bond donors (Lipinski definition) is 2. The van der Waals surface area contributed by atoms with E-state index in [4.69, 9.17) is 26.7 Å². The lowest BCUT2D eigenvalue weighted by atomic mass is 9.93. The molecule has 4 aromatic rings. The van der Waals surface area contributed by atoms with E-state index in [0.717, 1.165) is 26.9 Å². The molecule has 2 aromatic heterocycles. The van der Waals surface area contributed by atoms with E-state index in [0.29, 0.717) is 40.3 Å². The van der Waals surface area contributed by atoms with Gasteiger partial charge in [0.05, 0.1) is 22.2 Å². The van der Waals surface area contributed by atoms with Crippen molar-refractivity contribution in [1.82, 2.24) is 19.9 Å². The van der Waals surface area contributed by atoms with Gasteiger partial charge in [-0.25, -0.2) is 15.0 Å². The quantitative estimate of drug-likeness (QED) is 0.234. The number of fused-ring (bicyclic) bond motifs is 1. The number of nitrogens with zero attached hydrogens (tertiary/aromatic N) is 5. The minimum Gasteiger partial charge on any atom is -0.481 e. The van der Waals surface area contributed by atoms with Crippen LogP contribution in [-0.4, -0.2) is 80.0 Å². The van der Waals surface area contributed by atoms with Crippen LogP contribution in [0.3, 0.4) is 0 Å². The Labute approximate surface area is 263 Å². The van der Waals surface area contributed by atoms with Gasteiger partial charge in [0, 0.05) is 43.0 Å². The van der Waals surface area contributed by atoms with Crippen LogP contribution in [0.1, 0.15) is 38.8 Å². The van der Waals surface area contributed by atoms with Crippen molar-refractivity contribution in [2.24, 2.45) is 0 Å². The monoisotopic (exact) mass is 649 g/mol. The zero-order valence-electron chi connectivity index (χ0n) is 25.1. The van der Waals surface area contributed by atoms with E-state index in [-0.39, 0.29) is 19.5 Å². The summed E-state index contributed by atoms with van der Waals surface area (Å²) in [5.41, 5.74) is 3.99. The van der Waals surface area contributed by atoms with E-state index in [1.807, 2.05) is 30.0 Å². The minimum absolute atomic E-state index is 0.135. The van der Waals surface area contributed by atoms with Crippen molar-refractivity contribution >= 4 is 45.1 Å². The number of aliphatic carboxylic acids is 1. The number of hydrogen-bond acceptors (Lipinski definition) is 8. The number of anilines is 1. The van der Waals surface area contributed by atoms with Gasteiger partial charge in [0.1, 0.15) is 16.7 Å². The summed E-state index contributed by atoms with van der Waals surface area (Å²) in [5.74, 6) is -0.491. The minimum atomic E-state index is -4.26. The van der Waals surface area contributed by atoms with Crippen molar-refractivity contribution in [2.75, 3.05) is 31.1 Å². The standard InChI is InChI=1S/C27H25ClF3N5O2S.C4H10O/c1-15-13-21-24(23(19(15)14-22(37)38)17-3-5-18(28)6-4-17)39-25(33-21)20-7-8-32-26(34-20)36-11-9-35(10-12-36)16(2)27(29,30)31;1-4(2,3)5/h3-8,13,16H,9-12,14H2,1-2H3,(H,37,38);5H,1-3H3. The molecule has 1 aliphatic heterocycles. The molecule has 236 valence electrons. The second kappa shape index (κ2) is 13.4. The molecule has 0 aliphatic carbocycles. The zero-order valence-corrected chi connectivity index (χ0v) is 26.7. The van der Waals surface area contributed by atoms with Gasteiger partial charge < -0.3 is 15.1 Å². The lowest BCUT2D eigenvalue weighted by Gasteiger charge is -2.38. The SMILES string of the molecule is CC(C)(C)O.Cc1cc2nc(-c3ccnc(N4CCN(C(C)C(F)(F)F)CC4)n3)sc2c(-c2ccc(Cl)cc2)c1CC(=O)O. The maximum Gasteiger partial charge on any atom is 0.403 e. The van der Waals surface area contributed by atoms with E-state index in [2.05, 4.69) is 4.98 Å². The van der Waals surface area contributed by atoms with Crippen LogP contribution in [0, 0.1) is 6.92 Å². The van der Waals surface area contributed by atoms with Crippen molar-refractivity contribution in [3.8, 4) is 21.8 Å². The molecule has 0 amide bonds. The maximum absolute atomic E-state index is 13.1. The average molecular weight is 650 g/mol. The Bertz CT molecular complexity index is 1610. The molecule has 0 radical (unpaired) electrons. The number of aromatic nitrogens is 3. The fourth-order valence-electron chi connectivity index (χ4n) is 4.78. The first-order chi connectivity index (χ1) is 20.5. The molecule has 44 heavy (non-hydrogen) atoms. The summed E-state index contributed by atoms with van der Waals surface area (Å²) < 4.78 is 40.2. The van der Waals surface area contributed by atoms with Crippen molar-refractivity contribution in [3.63, 3.8) is 0 Å². The second-order valence-electron chi connectivity index (χ2n) is 11.6. The number of piperazine rings is 1. The second-order valence-corrected chi connectivity index (χ2v) is 13.1. The molecule has 1 atom stereocenters. The van der Waals surface area contributed by atoms with Gasteiger partial charge in [0.25, 0.3) is 0 Å². The van der Waals surface area contributed by atoms with E-state index >= 15 is 0 Å². The van der Waals surface area contributed by atoms with Crippen molar-refractivity contribution in [1.29, 1.82) is 0 Å². The first-order valence-corrected chi connectivity index (χ1v) is 15.2. The highest BCUT2D eigenvalue weighted by Crippen LogP contribution is 2.41. The van der Waals surface area contributed by atoms with E-state index in [9.17, 15) is 23.1 Å². The number of rotatable bonds is 6. The van der Waals surface area contributed by atoms with Crippen LogP contribution >= 0.6 is 22.9 Å². The number of aryl methyl sites for hydroxylation is 1. The Morgan fingerprint density at radius 3 is 2.25 bits per heavy atom. The Morgan fingerprint density at radius 1 is 1.07 bits per heavy atom. The van der Waals surface area contributed by atoms with Gasteiger partial charge in [-0.05, 0) is 75.6 Å². The van der Waals surface area contributed by atoms with E-state index in [1.54, 1.807) is 45.2 Å². The number of carboxylic acid groups (broad SMARTS) is 1. The summed E-state index contributed by atoms with van der Waals surface area (Å²) in [7, 11) is 0. The molecule has 1 saturated heterocycles. The van der Waals surface area contributed by atoms with Crippen LogP contribution in [0.5, 0.6) is 0 Å². The predicted octanol–water partition coefficient (Wildman–Crippen LogP) is 6.86. The highest BCUT2D eigenvalue weighted by molar-refractivity contribution is 7.22. The fourth-order valence-corrected chi connectivity index (χ4v) is 6.02. The number of halogens is 4. The molecule has 2 aromatic carbocycles. The van der Waals surface area contributed by atoms with Crippen LogP contribution in [0.15, 0.2) is 42.6 Å². The lowest BCUT2D eigenvalue weighted by molar-refractivity contribution is -0.179. The molecular weight excluding hydrogens is 615 g/mol. The van der Waals surface area contributed by atoms with Gasteiger partial charge in [-0.15, -0.1) is 11.3 Å². The first kappa shape index (κ1) is 33.6. The van der Waals surface area contributed by atoms with Gasteiger partial charge in [0.2, 0.25) is 5.95 Å². The summed E-state index contributed by atoms with van der Waals surface area (Å²) in [4.78, 5) is 28.9. The highest BCUT2D eigenvalue weighted by atomic mass is 35.5. The largest absolute Gasteiger partial charge is 0.481 e. The van der Waals surface area contributed by atoms with Crippen LogP contribution in [-0.2, 0) is 11.2 Å². The molecule has 0 spiro atoms. The van der Waals surface area contributed by atoms with Crippen molar-refractivity contribution in [3.05, 3.63) is 58.7 Å². The van der Waals surface area contributed by atoms with Crippen LogP contribution in [0.2, 0.25) is 5.02 Å². The molecular formula is C31H35ClF3N5O3S. The van der Waals surface area contributed by atoms with E-state index < -0.39 is 23.8 Å². The number of carbonyl (C=O) groups is 1. The normalized spacial score (nSPS) is 15.2. The fraction of sp³-hybridized carbons (Fsp3) is 0.419. The number of carboxylic acids is 1. The van der Waals surface area contributed by atoms with Crippen LogP contribution < -0.4 is 4.90 Å². The summed E-state index contributed by atoms with van der Waals surface area (Å²) in [6.45, 7) is 9.55. The zero-order chi connectivity index (χ0) is 32.4. The molecule has 8 nitrogen and oxygen atoms in total. The maximum atomic E-state index is 13.1. The third kappa shape index (κ3) is 8.44. The number of benzene rings is 2. The number of alkyl halides is 3. The van der Waals surface area contributed by atoms with Gasteiger partial charge in [0.15, 0.2) is 0 Å². The average Bonchev–Trinajstić information content (AvgIpc) is 3.36. The first-order valence-electron chi connectivity index (χ1n) is 14.0. The molecule has 3 heterocycles. The van der Waals surface area contributed by atoms with Gasteiger partial charge >= 0.3 is 12.1 Å². The molecule has 1 aliphatic rings. The molecule has 0 saturated carbocycles. The Balaban J connectivity index is 0.000000818. The van der Waals surface area contributed by atoms with Gasteiger partial charge in [-0.3, -0.25) is 9.69 Å². The Hall–Kier alpha value is -3.32. The molecule has 13 heteroatoms. The highest BCUT2D eigenvalue weighted by Gasteiger charge is 2.41. The van der Waals surface area contributed by atoms with Crippen LogP contribution in [0.25, 0.3) is 32.0 Å². The Morgan fingerprint density at radius 2 is 1.68 bits per heavy atom. The molecule has 1 unspecified atom stereocenters. The lowest BCUT2D eigenvalue weighted by Crippen LogP contribution is -2.54. The molecule has 1 fully saturated rings. The van der Waals surface area contributed by atoms with Gasteiger partial charge in [-0.2, -0.15) is 13.2 Å². The van der Waals surface area contributed by atoms with E-state index in [1.165, 1.54) is 23.2 Å². The smallest absolute Gasteiger partial charge is 0.403 e. The number of thiazole rings is 1. The molecule has 5 rings (SSSR count). The predicted molar refractivity (Wildman–Crippen MR) is 168 cm³/mol. The Kier molecular flexibility index (Phi) is 10.2. The van der Waals surface area contributed by atoms with Crippen molar-refractivity contribution in [2.45, 2.75) is 58.9 Å². The topological polar surface area (TPSA) is 103 Å². The van der Waals surface area contributed by atoms with Gasteiger partial charge in [-0.1, -0.05) is 23.7 Å². The summed E-state index contributed by atoms with van der Waals surface area (Å²) >= 11 is 7.51. The summed E-state index contributed by atoms with van der Waals surface area (Å²) in [5, 5.41) is 19.3. The van der Waals surface area contributed by atoms with Crippen LogP contribution in [0.4, 0.5) is 19.1 Å². The third-order valence-electron chi connectivity index (χ3n) is 6.95.